The molecule has 0 atom stereocenters. The van der Waals surface area contributed by atoms with Crippen LogP contribution < -0.4 is 5.32 Å². The van der Waals surface area contributed by atoms with Crippen molar-refractivity contribution in [2.75, 3.05) is 11.9 Å². The van der Waals surface area contributed by atoms with Crippen molar-refractivity contribution in [3.63, 3.8) is 0 Å². The van der Waals surface area contributed by atoms with E-state index in [1.807, 2.05) is 20.8 Å². The number of carboxylic acid groups (broad SMARTS) is 1. The van der Waals surface area contributed by atoms with Gasteiger partial charge in [-0.25, -0.2) is 9.59 Å². The number of rotatable bonds is 4. The molecule has 1 rings (SSSR count). The Hall–Kier alpha value is -2.30. The third-order valence-corrected chi connectivity index (χ3v) is 2.69. The number of ether oxygens (including phenoxy) is 1. The van der Waals surface area contributed by atoms with Gasteiger partial charge in [0.2, 0.25) is 0 Å². The second-order valence-corrected chi connectivity index (χ2v) is 5.33. The largest absolute Gasteiger partial charge is 0.478 e. The molecule has 0 aliphatic rings. The maximum absolute atomic E-state index is 11.5. The van der Waals surface area contributed by atoms with Gasteiger partial charge in [-0.1, -0.05) is 39.5 Å². The Balaban J connectivity index is 3.09. The van der Waals surface area contributed by atoms with Crippen molar-refractivity contribution < 1.29 is 19.4 Å². The maximum Gasteiger partial charge on any atom is 0.411 e. The normalized spacial score (nSPS) is 10.8. The van der Waals surface area contributed by atoms with Crippen molar-refractivity contribution in [1.29, 1.82) is 0 Å². The van der Waals surface area contributed by atoms with Crippen LogP contribution in [0.15, 0.2) is 30.9 Å². The third kappa shape index (κ3) is 4.12. The highest BCUT2D eigenvalue weighted by Gasteiger charge is 2.19. The summed E-state index contributed by atoms with van der Waals surface area (Å²) in [7, 11) is 0. The van der Waals surface area contributed by atoms with Gasteiger partial charge in [0, 0.05) is 0 Å². The van der Waals surface area contributed by atoms with E-state index in [0.717, 1.165) is 5.56 Å². The van der Waals surface area contributed by atoms with Gasteiger partial charge in [0.1, 0.15) is 6.61 Å². The highest BCUT2D eigenvalue weighted by molar-refractivity contribution is 5.98. The van der Waals surface area contributed by atoms with Gasteiger partial charge in [-0.3, -0.25) is 5.32 Å². The molecule has 0 aliphatic carbocycles. The lowest BCUT2D eigenvalue weighted by atomic mass is 9.86. The number of hydrogen-bond acceptors (Lipinski definition) is 3. The van der Waals surface area contributed by atoms with Crippen molar-refractivity contribution in [3.8, 4) is 0 Å². The van der Waals surface area contributed by atoms with Crippen LogP contribution in [0, 0.1) is 0 Å². The number of carboxylic acids is 1. The molecular weight excluding hydrogens is 258 g/mol. The van der Waals surface area contributed by atoms with E-state index in [-0.39, 0.29) is 23.3 Å². The first-order chi connectivity index (χ1) is 9.25. The lowest BCUT2D eigenvalue weighted by Gasteiger charge is -2.20. The van der Waals surface area contributed by atoms with Crippen LogP contribution in [0.3, 0.4) is 0 Å². The summed E-state index contributed by atoms with van der Waals surface area (Å²) in [6.45, 7) is 9.50. The molecule has 0 spiro atoms. The number of benzene rings is 1. The Kier molecular flexibility index (Phi) is 4.91. The summed E-state index contributed by atoms with van der Waals surface area (Å²) in [6, 6.07) is 4.87. The van der Waals surface area contributed by atoms with Crippen LogP contribution >= 0.6 is 0 Å². The van der Waals surface area contributed by atoms with Crippen LogP contribution in [0.25, 0.3) is 0 Å². The zero-order valence-corrected chi connectivity index (χ0v) is 11.9. The second kappa shape index (κ2) is 6.23. The predicted octanol–water partition coefficient (Wildman–Crippen LogP) is 3.42. The molecule has 20 heavy (non-hydrogen) atoms. The molecule has 0 saturated heterocycles. The molecule has 0 heterocycles. The van der Waals surface area contributed by atoms with E-state index in [1.165, 1.54) is 12.1 Å². The molecule has 0 aliphatic heterocycles. The monoisotopic (exact) mass is 277 g/mol. The minimum absolute atomic E-state index is 0.0218. The van der Waals surface area contributed by atoms with E-state index < -0.39 is 12.1 Å². The van der Waals surface area contributed by atoms with Gasteiger partial charge in [0.15, 0.2) is 0 Å². The Morgan fingerprint density at radius 1 is 1.40 bits per heavy atom. The maximum atomic E-state index is 11.5. The minimum atomic E-state index is -1.11. The summed E-state index contributed by atoms with van der Waals surface area (Å²) in [5.41, 5.74) is 1.01. The second-order valence-electron chi connectivity index (χ2n) is 5.33. The van der Waals surface area contributed by atoms with Crippen molar-refractivity contribution in [2.24, 2.45) is 0 Å². The molecule has 0 unspecified atom stereocenters. The van der Waals surface area contributed by atoms with E-state index in [9.17, 15) is 9.59 Å². The molecule has 0 fully saturated rings. The molecule has 5 nitrogen and oxygen atoms in total. The summed E-state index contributed by atoms with van der Waals surface area (Å²) in [6.07, 6.45) is 0.724. The third-order valence-electron chi connectivity index (χ3n) is 2.69. The fourth-order valence-electron chi connectivity index (χ4n) is 1.58. The molecule has 0 radical (unpaired) electrons. The van der Waals surface area contributed by atoms with Crippen LogP contribution in [0.4, 0.5) is 10.5 Å². The zero-order chi connectivity index (χ0) is 15.3. The smallest absolute Gasteiger partial charge is 0.411 e. The van der Waals surface area contributed by atoms with E-state index in [0.29, 0.717) is 0 Å². The van der Waals surface area contributed by atoms with Gasteiger partial charge >= 0.3 is 12.1 Å². The number of amides is 1. The van der Waals surface area contributed by atoms with Gasteiger partial charge in [-0.15, -0.1) is 0 Å². The fourth-order valence-corrected chi connectivity index (χ4v) is 1.58. The quantitative estimate of drug-likeness (QED) is 0.827. The summed E-state index contributed by atoms with van der Waals surface area (Å²) in [5, 5.41) is 11.6. The van der Waals surface area contributed by atoms with Crippen molar-refractivity contribution >= 4 is 17.7 Å². The van der Waals surface area contributed by atoms with Crippen molar-refractivity contribution in [3.05, 3.63) is 42.0 Å². The van der Waals surface area contributed by atoms with E-state index in [4.69, 9.17) is 9.84 Å². The molecule has 2 N–H and O–H groups in total. The van der Waals surface area contributed by atoms with E-state index >= 15 is 0 Å². The zero-order valence-electron chi connectivity index (χ0n) is 11.9. The first-order valence-corrected chi connectivity index (χ1v) is 6.18. The number of nitrogens with one attached hydrogen (secondary N) is 1. The molecule has 0 saturated carbocycles. The topological polar surface area (TPSA) is 75.6 Å². The van der Waals surface area contributed by atoms with E-state index in [2.05, 4.69) is 11.9 Å². The van der Waals surface area contributed by atoms with Gasteiger partial charge in [0.25, 0.3) is 0 Å². The molecule has 1 aromatic carbocycles. The van der Waals surface area contributed by atoms with Gasteiger partial charge < -0.3 is 9.84 Å². The highest BCUT2D eigenvalue weighted by Crippen LogP contribution is 2.27. The molecule has 0 bridgehead atoms. The SMILES string of the molecule is C=CCOC(=O)Nc1cc(C(C)(C)C)ccc1C(=O)O. The van der Waals surface area contributed by atoms with Crippen molar-refractivity contribution in [1.82, 2.24) is 0 Å². The average molecular weight is 277 g/mol. The molecule has 0 aromatic heterocycles. The Morgan fingerprint density at radius 3 is 2.55 bits per heavy atom. The standard InChI is InChI=1S/C15H19NO4/c1-5-8-20-14(19)16-12-9-10(15(2,3)4)6-7-11(12)13(17)18/h5-7,9H,1,8H2,2-4H3,(H,16,19)(H,17,18). The Bertz CT molecular complexity index is 529. The number of hydrogen-bond donors (Lipinski definition) is 2. The van der Waals surface area contributed by atoms with Crippen LogP contribution in [0.1, 0.15) is 36.7 Å². The average Bonchev–Trinajstić information content (AvgIpc) is 2.34. The fraction of sp³-hybridized carbons (Fsp3) is 0.333. The molecular formula is C15H19NO4. The van der Waals surface area contributed by atoms with Crippen LogP contribution in [-0.4, -0.2) is 23.8 Å². The Morgan fingerprint density at radius 2 is 2.05 bits per heavy atom. The first-order valence-electron chi connectivity index (χ1n) is 6.18. The van der Waals surface area contributed by atoms with Crippen LogP contribution in [0.5, 0.6) is 0 Å². The lowest BCUT2D eigenvalue weighted by molar-refractivity contribution is 0.0698. The predicted molar refractivity (Wildman–Crippen MR) is 77.3 cm³/mol. The number of aromatic carboxylic acids is 1. The molecule has 1 aromatic rings. The number of carbonyl (C=O) groups is 2. The van der Waals surface area contributed by atoms with E-state index in [1.54, 1.807) is 12.1 Å². The van der Waals surface area contributed by atoms with Crippen LogP contribution in [-0.2, 0) is 10.2 Å². The summed E-state index contributed by atoms with van der Waals surface area (Å²) in [4.78, 5) is 22.7. The summed E-state index contributed by atoms with van der Waals surface area (Å²) < 4.78 is 4.79. The van der Waals surface area contributed by atoms with Gasteiger partial charge in [-0.2, -0.15) is 0 Å². The number of anilines is 1. The minimum Gasteiger partial charge on any atom is -0.478 e. The van der Waals surface area contributed by atoms with Crippen molar-refractivity contribution in [2.45, 2.75) is 26.2 Å². The molecule has 1 amide bonds. The molecule has 5 heteroatoms. The first kappa shape index (κ1) is 15.8. The van der Waals surface area contributed by atoms with Gasteiger partial charge in [-0.05, 0) is 23.1 Å². The molecule has 108 valence electrons. The van der Waals surface area contributed by atoms with Crippen LogP contribution in [0.2, 0.25) is 0 Å². The summed E-state index contributed by atoms with van der Waals surface area (Å²) in [5.74, 6) is -1.11. The number of carbonyl (C=O) groups excluding carboxylic acids is 1. The highest BCUT2D eigenvalue weighted by atomic mass is 16.5. The lowest BCUT2D eigenvalue weighted by Crippen LogP contribution is -2.18. The van der Waals surface area contributed by atoms with Gasteiger partial charge in [0.05, 0.1) is 11.3 Å². The summed E-state index contributed by atoms with van der Waals surface area (Å²) >= 11 is 0. The Labute approximate surface area is 118 Å².